The Kier molecular flexibility index (Phi) is 4.30. The van der Waals surface area contributed by atoms with Gasteiger partial charge in [0.1, 0.15) is 6.61 Å². The average molecular weight is 229 g/mol. The first-order chi connectivity index (χ1) is 7.54. The molecule has 1 amide bonds. The van der Waals surface area contributed by atoms with Crippen LogP contribution in [0.15, 0.2) is 12.7 Å². The van der Waals surface area contributed by atoms with E-state index in [1.807, 2.05) is 0 Å². The van der Waals surface area contributed by atoms with Gasteiger partial charge in [0.15, 0.2) is 0 Å². The maximum Gasteiger partial charge on any atom is 0.407 e. The molecule has 6 nitrogen and oxygen atoms in total. The fraction of sp³-hybridized carbons (Fsp3) is 0.600. The lowest BCUT2D eigenvalue weighted by Gasteiger charge is -2.40. The number of carbonyl (C=O) groups is 2. The topological polar surface area (TPSA) is 95.9 Å². The second-order valence-corrected chi connectivity index (χ2v) is 3.70. The maximum atomic E-state index is 11.1. The Labute approximate surface area is 92.9 Å². The standard InChI is InChI=1S/C10H15NO5/c1-2-3-16-10(15)11-7-5-8(12)6(7)4-9(13)14/h2,6-8,12H,1,3-5H2,(H,11,15)(H,13,14). The molecule has 0 bridgehead atoms. The lowest BCUT2D eigenvalue weighted by molar-refractivity contribution is -0.142. The Hall–Kier alpha value is -1.56. The van der Waals surface area contributed by atoms with E-state index in [0.717, 1.165) is 0 Å². The zero-order valence-electron chi connectivity index (χ0n) is 8.76. The van der Waals surface area contributed by atoms with Crippen molar-refractivity contribution in [3.8, 4) is 0 Å². The van der Waals surface area contributed by atoms with Crippen molar-refractivity contribution in [2.24, 2.45) is 5.92 Å². The van der Waals surface area contributed by atoms with Crippen LogP contribution in [-0.4, -0.2) is 41.0 Å². The summed E-state index contributed by atoms with van der Waals surface area (Å²) in [6.07, 6.45) is 0.353. The van der Waals surface area contributed by atoms with Crippen molar-refractivity contribution in [2.75, 3.05) is 6.61 Å². The molecule has 0 saturated heterocycles. The van der Waals surface area contributed by atoms with Crippen LogP contribution in [0.4, 0.5) is 4.79 Å². The van der Waals surface area contributed by atoms with E-state index in [0.29, 0.717) is 6.42 Å². The quantitative estimate of drug-likeness (QED) is 0.582. The largest absolute Gasteiger partial charge is 0.481 e. The van der Waals surface area contributed by atoms with Gasteiger partial charge in [0.2, 0.25) is 0 Å². The van der Waals surface area contributed by atoms with Gasteiger partial charge in [-0.15, -0.1) is 0 Å². The van der Waals surface area contributed by atoms with Crippen molar-refractivity contribution in [3.05, 3.63) is 12.7 Å². The molecule has 3 N–H and O–H groups in total. The van der Waals surface area contributed by atoms with E-state index in [4.69, 9.17) is 5.11 Å². The number of aliphatic hydroxyl groups is 1. The number of carboxylic acid groups (broad SMARTS) is 1. The molecule has 90 valence electrons. The molecule has 6 heteroatoms. The van der Waals surface area contributed by atoms with Gasteiger partial charge in [-0.1, -0.05) is 12.7 Å². The number of hydrogen-bond acceptors (Lipinski definition) is 4. The number of aliphatic hydroxyl groups excluding tert-OH is 1. The van der Waals surface area contributed by atoms with Crippen molar-refractivity contribution in [1.29, 1.82) is 0 Å². The SMILES string of the molecule is C=CCOC(=O)NC1CC(O)C1CC(=O)O. The summed E-state index contributed by atoms with van der Waals surface area (Å²) in [5.41, 5.74) is 0. The Bertz CT molecular complexity index is 291. The molecule has 1 aliphatic rings. The van der Waals surface area contributed by atoms with Gasteiger partial charge >= 0.3 is 12.1 Å². The van der Waals surface area contributed by atoms with E-state index in [9.17, 15) is 14.7 Å². The van der Waals surface area contributed by atoms with Crippen LogP contribution in [0.2, 0.25) is 0 Å². The molecule has 0 aromatic rings. The van der Waals surface area contributed by atoms with Gasteiger partial charge in [-0.05, 0) is 6.42 Å². The molecule has 0 aromatic heterocycles. The second kappa shape index (κ2) is 5.50. The number of ether oxygens (including phenoxy) is 1. The Morgan fingerprint density at radius 2 is 2.25 bits per heavy atom. The Morgan fingerprint density at radius 1 is 1.56 bits per heavy atom. The lowest BCUT2D eigenvalue weighted by atomic mass is 9.74. The van der Waals surface area contributed by atoms with Gasteiger partial charge in [0.05, 0.1) is 12.5 Å². The molecule has 0 aliphatic heterocycles. The molecule has 16 heavy (non-hydrogen) atoms. The van der Waals surface area contributed by atoms with Crippen molar-refractivity contribution in [3.63, 3.8) is 0 Å². The zero-order chi connectivity index (χ0) is 12.1. The maximum absolute atomic E-state index is 11.1. The molecule has 0 heterocycles. The smallest absolute Gasteiger partial charge is 0.407 e. The minimum atomic E-state index is -0.991. The zero-order valence-corrected chi connectivity index (χ0v) is 8.76. The number of alkyl carbamates (subject to hydrolysis) is 1. The Balaban J connectivity index is 2.34. The fourth-order valence-electron chi connectivity index (χ4n) is 1.66. The van der Waals surface area contributed by atoms with Gasteiger partial charge in [0, 0.05) is 12.0 Å². The summed E-state index contributed by atoms with van der Waals surface area (Å²) < 4.78 is 4.69. The highest BCUT2D eigenvalue weighted by Gasteiger charge is 2.42. The summed E-state index contributed by atoms with van der Waals surface area (Å²) in [6, 6.07) is -0.330. The predicted octanol–water partition coefficient (Wildman–Crippen LogP) is 0.123. The number of carbonyl (C=O) groups excluding carboxylic acids is 1. The molecule has 3 atom stereocenters. The average Bonchev–Trinajstić information content (AvgIpc) is 2.22. The van der Waals surface area contributed by atoms with Crippen LogP contribution in [-0.2, 0) is 9.53 Å². The van der Waals surface area contributed by atoms with Gasteiger partial charge in [-0.25, -0.2) is 4.79 Å². The number of nitrogens with one attached hydrogen (secondary N) is 1. The molecular weight excluding hydrogens is 214 g/mol. The second-order valence-electron chi connectivity index (χ2n) is 3.70. The van der Waals surface area contributed by atoms with Crippen molar-refractivity contribution in [2.45, 2.75) is 25.0 Å². The number of aliphatic carboxylic acids is 1. The molecular formula is C10H15NO5. The number of rotatable bonds is 5. The van der Waals surface area contributed by atoms with E-state index < -0.39 is 24.1 Å². The van der Waals surface area contributed by atoms with E-state index in [1.54, 1.807) is 0 Å². The van der Waals surface area contributed by atoms with Crippen molar-refractivity contribution >= 4 is 12.1 Å². The molecule has 0 spiro atoms. The van der Waals surface area contributed by atoms with Crippen LogP contribution in [0, 0.1) is 5.92 Å². The minimum absolute atomic E-state index is 0.102. The highest BCUT2D eigenvalue weighted by Crippen LogP contribution is 2.31. The monoisotopic (exact) mass is 229 g/mol. The molecule has 1 rings (SSSR count). The van der Waals surface area contributed by atoms with Crippen LogP contribution >= 0.6 is 0 Å². The highest BCUT2D eigenvalue weighted by atomic mass is 16.5. The van der Waals surface area contributed by atoms with Crippen LogP contribution in [0.3, 0.4) is 0 Å². The number of carboxylic acids is 1. The highest BCUT2D eigenvalue weighted by molar-refractivity contribution is 5.69. The van der Waals surface area contributed by atoms with Crippen LogP contribution in [0.1, 0.15) is 12.8 Å². The van der Waals surface area contributed by atoms with Crippen LogP contribution < -0.4 is 5.32 Å². The first-order valence-electron chi connectivity index (χ1n) is 4.98. The molecule has 0 aromatic carbocycles. The van der Waals surface area contributed by atoms with Crippen molar-refractivity contribution in [1.82, 2.24) is 5.32 Å². The fourth-order valence-corrected chi connectivity index (χ4v) is 1.66. The summed E-state index contributed by atoms with van der Waals surface area (Å²) >= 11 is 0. The van der Waals surface area contributed by atoms with E-state index in [1.165, 1.54) is 6.08 Å². The van der Waals surface area contributed by atoms with E-state index in [2.05, 4.69) is 16.6 Å². The summed E-state index contributed by atoms with van der Waals surface area (Å²) in [7, 11) is 0. The summed E-state index contributed by atoms with van der Waals surface area (Å²) in [5, 5.41) is 20.4. The number of hydrogen-bond donors (Lipinski definition) is 3. The Morgan fingerprint density at radius 3 is 2.75 bits per heavy atom. The first kappa shape index (κ1) is 12.5. The molecule has 1 saturated carbocycles. The minimum Gasteiger partial charge on any atom is -0.481 e. The third-order valence-corrected chi connectivity index (χ3v) is 2.55. The summed E-state index contributed by atoms with van der Waals surface area (Å²) in [6.45, 7) is 3.49. The summed E-state index contributed by atoms with van der Waals surface area (Å²) in [5.74, 6) is -1.43. The third kappa shape index (κ3) is 3.23. The van der Waals surface area contributed by atoms with Crippen molar-refractivity contribution < 1.29 is 24.5 Å². The molecule has 0 radical (unpaired) electrons. The predicted molar refractivity (Wildman–Crippen MR) is 54.8 cm³/mol. The molecule has 1 fully saturated rings. The summed E-state index contributed by atoms with van der Waals surface area (Å²) in [4.78, 5) is 21.6. The van der Waals surface area contributed by atoms with Crippen LogP contribution in [0.25, 0.3) is 0 Å². The lowest BCUT2D eigenvalue weighted by Crippen LogP contribution is -2.56. The van der Waals surface area contributed by atoms with Gasteiger partial charge in [0.25, 0.3) is 0 Å². The normalized spacial score (nSPS) is 27.7. The van der Waals surface area contributed by atoms with E-state index in [-0.39, 0.29) is 19.1 Å². The molecule has 1 aliphatic carbocycles. The first-order valence-corrected chi connectivity index (χ1v) is 4.98. The molecule has 3 unspecified atom stereocenters. The third-order valence-electron chi connectivity index (χ3n) is 2.55. The van der Waals surface area contributed by atoms with Gasteiger partial charge < -0.3 is 20.3 Å². The van der Waals surface area contributed by atoms with Gasteiger partial charge in [-0.2, -0.15) is 0 Å². The van der Waals surface area contributed by atoms with Crippen LogP contribution in [0.5, 0.6) is 0 Å². The number of amides is 1. The van der Waals surface area contributed by atoms with E-state index >= 15 is 0 Å². The van der Waals surface area contributed by atoms with Gasteiger partial charge in [-0.3, -0.25) is 4.79 Å².